The Labute approximate surface area is 176 Å². The minimum absolute atomic E-state index is 0.0549. The van der Waals surface area contributed by atoms with Gasteiger partial charge in [-0.15, -0.1) is 0 Å². The van der Waals surface area contributed by atoms with Crippen LogP contribution >= 0.6 is 34.5 Å². The maximum Gasteiger partial charge on any atom is 0.279 e. The lowest BCUT2D eigenvalue weighted by molar-refractivity contribution is 0.0990. The molecule has 1 aromatic heterocycles. The standard InChI is InChI=1S/C20H18Cl2N2O3S/c1-3-27-11-10-24-18-16(9-8-15(21)17(18)22)28-20(24)23-19(26)14-6-4-13(5-7-14)12(2)25/h4-9H,3,10-11H2,1-2H3. The first-order valence-corrected chi connectivity index (χ1v) is 10.2. The quantitative estimate of drug-likeness (QED) is 0.403. The van der Waals surface area contributed by atoms with Crippen LogP contribution in [0.3, 0.4) is 0 Å². The van der Waals surface area contributed by atoms with Crippen LogP contribution in [0.1, 0.15) is 34.6 Å². The molecule has 1 amide bonds. The molecule has 5 nitrogen and oxygen atoms in total. The van der Waals surface area contributed by atoms with E-state index in [1.165, 1.54) is 18.3 Å². The van der Waals surface area contributed by atoms with Crippen LogP contribution in [-0.2, 0) is 11.3 Å². The summed E-state index contributed by atoms with van der Waals surface area (Å²) in [7, 11) is 0. The predicted molar refractivity (Wildman–Crippen MR) is 113 cm³/mol. The molecule has 0 spiro atoms. The van der Waals surface area contributed by atoms with Crippen molar-refractivity contribution >= 4 is 56.4 Å². The van der Waals surface area contributed by atoms with Crippen molar-refractivity contribution < 1.29 is 14.3 Å². The van der Waals surface area contributed by atoms with Crippen molar-refractivity contribution in [3.05, 3.63) is 62.4 Å². The summed E-state index contributed by atoms with van der Waals surface area (Å²) in [5.74, 6) is -0.449. The van der Waals surface area contributed by atoms with E-state index >= 15 is 0 Å². The Morgan fingerprint density at radius 2 is 1.79 bits per heavy atom. The molecule has 0 N–H and O–H groups in total. The normalized spacial score (nSPS) is 11.9. The van der Waals surface area contributed by atoms with E-state index in [1.54, 1.807) is 30.3 Å². The zero-order chi connectivity index (χ0) is 20.3. The van der Waals surface area contributed by atoms with E-state index in [0.29, 0.717) is 45.7 Å². The number of carbonyl (C=O) groups is 2. The summed E-state index contributed by atoms with van der Waals surface area (Å²) < 4.78 is 8.19. The highest BCUT2D eigenvalue weighted by Gasteiger charge is 2.14. The Morgan fingerprint density at radius 3 is 2.43 bits per heavy atom. The highest BCUT2D eigenvalue weighted by atomic mass is 35.5. The van der Waals surface area contributed by atoms with Crippen LogP contribution in [0, 0.1) is 0 Å². The first-order chi connectivity index (χ1) is 13.4. The van der Waals surface area contributed by atoms with Gasteiger partial charge >= 0.3 is 0 Å². The van der Waals surface area contributed by atoms with Crippen LogP contribution in [-0.4, -0.2) is 29.5 Å². The number of Topliss-reactive ketones (excluding diaryl/α,β-unsaturated/α-hetero) is 1. The van der Waals surface area contributed by atoms with Crippen molar-refractivity contribution in [2.75, 3.05) is 13.2 Å². The number of fused-ring (bicyclic) bond motifs is 1. The molecule has 0 aliphatic heterocycles. The van der Waals surface area contributed by atoms with Crippen LogP contribution < -0.4 is 4.80 Å². The van der Waals surface area contributed by atoms with E-state index in [4.69, 9.17) is 27.9 Å². The molecule has 8 heteroatoms. The smallest absolute Gasteiger partial charge is 0.279 e. The van der Waals surface area contributed by atoms with E-state index < -0.39 is 5.91 Å². The van der Waals surface area contributed by atoms with Crippen molar-refractivity contribution in [3.8, 4) is 0 Å². The van der Waals surface area contributed by atoms with E-state index in [1.807, 2.05) is 17.6 Å². The third-order valence-corrected chi connectivity index (χ3v) is 5.97. The van der Waals surface area contributed by atoms with Gasteiger partial charge in [-0.3, -0.25) is 9.59 Å². The van der Waals surface area contributed by atoms with Crippen LogP contribution in [0.15, 0.2) is 41.4 Å². The van der Waals surface area contributed by atoms with Crippen molar-refractivity contribution in [1.82, 2.24) is 4.57 Å². The molecule has 0 bridgehead atoms. The molecule has 0 saturated carbocycles. The molecule has 2 aromatic carbocycles. The monoisotopic (exact) mass is 436 g/mol. The van der Waals surface area contributed by atoms with Gasteiger partial charge < -0.3 is 9.30 Å². The summed E-state index contributed by atoms with van der Waals surface area (Å²) >= 11 is 13.9. The van der Waals surface area contributed by atoms with Crippen LogP contribution in [0.25, 0.3) is 10.2 Å². The van der Waals surface area contributed by atoms with Gasteiger partial charge in [0.15, 0.2) is 10.6 Å². The fourth-order valence-electron chi connectivity index (χ4n) is 2.69. The second kappa shape index (κ2) is 9.01. The summed E-state index contributed by atoms with van der Waals surface area (Å²) in [5.41, 5.74) is 1.69. The molecular formula is C20H18Cl2N2O3S. The Morgan fingerprint density at radius 1 is 1.11 bits per heavy atom. The van der Waals surface area contributed by atoms with Gasteiger partial charge in [0, 0.05) is 24.3 Å². The van der Waals surface area contributed by atoms with Crippen molar-refractivity contribution in [2.24, 2.45) is 4.99 Å². The summed E-state index contributed by atoms with van der Waals surface area (Å²) in [4.78, 5) is 28.9. The number of nitrogens with zero attached hydrogens (tertiary/aromatic N) is 2. The topological polar surface area (TPSA) is 60.7 Å². The number of ketones is 1. The molecule has 0 aliphatic rings. The molecule has 3 aromatic rings. The first-order valence-electron chi connectivity index (χ1n) is 8.67. The van der Waals surface area contributed by atoms with Crippen molar-refractivity contribution in [3.63, 3.8) is 0 Å². The fraction of sp³-hybridized carbons (Fsp3) is 0.250. The highest BCUT2D eigenvalue weighted by Crippen LogP contribution is 2.32. The maximum atomic E-state index is 12.7. The summed E-state index contributed by atoms with van der Waals surface area (Å²) in [5, 5.41) is 0.862. The maximum absolute atomic E-state index is 12.7. The average molecular weight is 437 g/mol. The van der Waals surface area contributed by atoms with Gasteiger partial charge in [0.2, 0.25) is 0 Å². The molecule has 3 rings (SSSR count). The van der Waals surface area contributed by atoms with Crippen molar-refractivity contribution in [2.45, 2.75) is 20.4 Å². The van der Waals surface area contributed by atoms with Crippen LogP contribution in [0.5, 0.6) is 0 Å². The largest absolute Gasteiger partial charge is 0.380 e. The van der Waals surface area contributed by atoms with Gasteiger partial charge in [-0.25, -0.2) is 0 Å². The minimum atomic E-state index is -0.394. The molecule has 0 atom stereocenters. The van der Waals surface area contributed by atoms with Gasteiger partial charge in [0.1, 0.15) is 0 Å². The molecule has 28 heavy (non-hydrogen) atoms. The predicted octanol–water partition coefficient (Wildman–Crippen LogP) is 4.99. The number of rotatable bonds is 6. The number of halogens is 2. The molecule has 1 heterocycles. The third-order valence-electron chi connectivity index (χ3n) is 4.13. The fourth-order valence-corrected chi connectivity index (χ4v) is 4.23. The lowest BCUT2D eigenvalue weighted by Gasteiger charge is -2.07. The molecule has 146 valence electrons. The van der Waals surface area contributed by atoms with Gasteiger partial charge in [-0.05, 0) is 38.1 Å². The van der Waals surface area contributed by atoms with Crippen LogP contribution in [0.2, 0.25) is 10.0 Å². The Bertz CT molecular complexity index is 1100. The number of hydrogen-bond donors (Lipinski definition) is 0. The number of thiazole rings is 1. The average Bonchev–Trinajstić information content (AvgIpc) is 3.03. The van der Waals surface area contributed by atoms with E-state index in [0.717, 1.165) is 10.2 Å². The number of carbonyl (C=O) groups excluding carboxylic acids is 2. The highest BCUT2D eigenvalue weighted by molar-refractivity contribution is 7.16. The van der Waals surface area contributed by atoms with Gasteiger partial charge in [-0.2, -0.15) is 4.99 Å². The van der Waals surface area contributed by atoms with E-state index in [2.05, 4.69) is 4.99 Å². The van der Waals surface area contributed by atoms with Gasteiger partial charge in [0.25, 0.3) is 5.91 Å². The summed E-state index contributed by atoms with van der Waals surface area (Å²) in [6.07, 6.45) is 0. The van der Waals surface area contributed by atoms with Crippen molar-refractivity contribution in [1.29, 1.82) is 0 Å². The molecule has 0 radical (unpaired) electrons. The van der Waals surface area contributed by atoms with E-state index in [-0.39, 0.29) is 5.78 Å². The van der Waals surface area contributed by atoms with E-state index in [9.17, 15) is 9.59 Å². The second-order valence-corrected chi connectivity index (χ2v) is 7.79. The summed E-state index contributed by atoms with van der Waals surface area (Å²) in [6.45, 7) is 4.93. The third kappa shape index (κ3) is 4.36. The lowest BCUT2D eigenvalue weighted by Crippen LogP contribution is -2.20. The minimum Gasteiger partial charge on any atom is -0.380 e. The number of amides is 1. The lowest BCUT2D eigenvalue weighted by atomic mass is 10.1. The molecule has 0 fully saturated rings. The summed E-state index contributed by atoms with van der Waals surface area (Å²) in [6, 6.07) is 10.0. The van der Waals surface area contributed by atoms with Crippen LogP contribution in [0.4, 0.5) is 0 Å². The Hall–Kier alpha value is -1.99. The zero-order valence-electron chi connectivity index (χ0n) is 15.4. The number of aromatic nitrogens is 1. The first kappa shape index (κ1) is 20.7. The van der Waals surface area contributed by atoms with Gasteiger partial charge in [0.05, 0.1) is 26.9 Å². The molecule has 0 unspecified atom stereocenters. The second-order valence-electron chi connectivity index (χ2n) is 5.99. The molecule has 0 saturated heterocycles. The number of ether oxygens (including phenoxy) is 1. The Kier molecular flexibility index (Phi) is 6.67. The Balaban J connectivity index is 2.07. The number of benzene rings is 2. The number of hydrogen-bond acceptors (Lipinski definition) is 4. The van der Waals surface area contributed by atoms with Gasteiger partial charge in [-0.1, -0.05) is 46.7 Å². The SMILES string of the molecule is CCOCCn1c(=NC(=O)c2ccc(C(C)=O)cc2)sc2ccc(Cl)c(Cl)c21. The zero-order valence-corrected chi connectivity index (χ0v) is 17.7. The molecule has 0 aliphatic carbocycles. The molecular weight excluding hydrogens is 419 g/mol.